The number of fused-ring (bicyclic) bond motifs is 1. The molecule has 3 atom stereocenters. The first-order valence-electron chi connectivity index (χ1n) is 9.43. The van der Waals surface area contributed by atoms with Crippen LogP contribution >= 0.6 is 0 Å². The van der Waals surface area contributed by atoms with Crippen LogP contribution in [0, 0.1) is 11.8 Å². The molecule has 0 spiro atoms. The zero-order valence-corrected chi connectivity index (χ0v) is 17.1. The molecule has 1 saturated heterocycles. The summed E-state index contributed by atoms with van der Waals surface area (Å²) >= 11 is 0. The van der Waals surface area contributed by atoms with Crippen molar-refractivity contribution >= 4 is 5.97 Å². The number of carbonyl (C=O) groups is 1. The van der Waals surface area contributed by atoms with Crippen molar-refractivity contribution in [2.24, 2.45) is 11.8 Å². The highest BCUT2D eigenvalue weighted by Gasteiger charge is 2.42. The van der Waals surface area contributed by atoms with E-state index in [9.17, 15) is 4.79 Å². The topological polar surface area (TPSA) is 72.5 Å². The number of esters is 1. The maximum atomic E-state index is 12.3. The highest BCUT2D eigenvalue weighted by atomic mass is 16.7. The number of hydrogen-bond acceptors (Lipinski definition) is 7. The number of hydrogen-bond donors (Lipinski definition) is 0. The fraction of sp³-hybridized carbons (Fsp3) is 0.409. The van der Waals surface area contributed by atoms with Crippen molar-refractivity contribution in [2.45, 2.75) is 20.0 Å². The molecule has 0 radical (unpaired) electrons. The quantitative estimate of drug-likeness (QED) is 0.703. The number of cyclic esters (lactones) is 1. The fourth-order valence-corrected chi connectivity index (χ4v) is 3.91. The summed E-state index contributed by atoms with van der Waals surface area (Å²) in [4.78, 5) is 12.3. The van der Waals surface area contributed by atoms with Gasteiger partial charge in [-0.05, 0) is 23.8 Å². The summed E-state index contributed by atoms with van der Waals surface area (Å²) in [7, 11) is 4.70. The number of rotatable bonds is 5. The second-order valence-corrected chi connectivity index (χ2v) is 7.18. The van der Waals surface area contributed by atoms with Gasteiger partial charge in [0.2, 0.25) is 12.5 Å². The second-order valence-electron chi connectivity index (χ2n) is 7.18. The molecular formula is C22H24O7. The normalized spacial score (nSPS) is 22.4. The van der Waals surface area contributed by atoms with E-state index in [0.29, 0.717) is 28.7 Å². The van der Waals surface area contributed by atoms with E-state index in [-0.39, 0.29) is 24.6 Å². The number of ether oxygens (including phenoxy) is 6. The Morgan fingerprint density at radius 3 is 2.28 bits per heavy atom. The van der Waals surface area contributed by atoms with Crippen molar-refractivity contribution in [3.8, 4) is 39.9 Å². The molecule has 2 aromatic rings. The smallest absolute Gasteiger partial charge is 0.309 e. The standard InChI is InChI=1S/C22H24O7/c1-11-12(2)22(23)29-19(11)14-9-17(24-3)20(25-4)21(26-5)18(14)13-6-7-15-16(8-13)28-10-27-15/h6-9,11-12,19H,10H2,1-5H3/t11-,12-,19-/m1/s1. The van der Waals surface area contributed by atoms with Crippen molar-refractivity contribution in [1.82, 2.24) is 0 Å². The zero-order chi connectivity index (χ0) is 20.7. The molecule has 154 valence electrons. The lowest BCUT2D eigenvalue weighted by Crippen LogP contribution is -2.11. The maximum absolute atomic E-state index is 12.3. The predicted octanol–water partition coefficient (Wildman–Crippen LogP) is 3.98. The van der Waals surface area contributed by atoms with Gasteiger partial charge in [0.05, 0.1) is 27.2 Å². The lowest BCUT2D eigenvalue weighted by Gasteiger charge is -2.24. The van der Waals surface area contributed by atoms with Crippen LogP contribution in [0.25, 0.3) is 11.1 Å². The maximum Gasteiger partial charge on any atom is 0.309 e. The summed E-state index contributed by atoms with van der Waals surface area (Å²) in [5, 5.41) is 0. The predicted molar refractivity (Wildman–Crippen MR) is 105 cm³/mol. The average molecular weight is 400 g/mol. The molecule has 2 aromatic carbocycles. The van der Waals surface area contributed by atoms with E-state index in [4.69, 9.17) is 28.4 Å². The van der Waals surface area contributed by atoms with E-state index in [0.717, 1.165) is 16.7 Å². The minimum absolute atomic E-state index is 0.0157. The molecule has 0 amide bonds. The van der Waals surface area contributed by atoms with Gasteiger partial charge < -0.3 is 28.4 Å². The minimum Gasteiger partial charge on any atom is -0.493 e. The van der Waals surface area contributed by atoms with Crippen LogP contribution < -0.4 is 23.7 Å². The summed E-state index contributed by atoms with van der Waals surface area (Å²) in [6, 6.07) is 7.52. The summed E-state index contributed by atoms with van der Waals surface area (Å²) in [6.07, 6.45) is -0.438. The molecule has 4 rings (SSSR count). The molecule has 0 N–H and O–H groups in total. The van der Waals surface area contributed by atoms with E-state index in [2.05, 4.69) is 0 Å². The van der Waals surface area contributed by atoms with Gasteiger partial charge >= 0.3 is 5.97 Å². The SMILES string of the molecule is COc1cc([C@@H]2OC(=O)[C@H](C)[C@H]2C)c(-c2ccc3c(c2)OCO3)c(OC)c1OC. The second kappa shape index (κ2) is 7.39. The van der Waals surface area contributed by atoms with Crippen LogP contribution in [0.15, 0.2) is 24.3 Å². The molecule has 0 bridgehead atoms. The third kappa shape index (κ3) is 3.01. The Morgan fingerprint density at radius 2 is 1.66 bits per heavy atom. The summed E-state index contributed by atoms with van der Waals surface area (Å²) in [6.45, 7) is 4.07. The molecule has 7 nitrogen and oxygen atoms in total. The molecule has 29 heavy (non-hydrogen) atoms. The van der Waals surface area contributed by atoms with Gasteiger partial charge in [-0.15, -0.1) is 0 Å². The van der Waals surface area contributed by atoms with Gasteiger partial charge in [0.1, 0.15) is 6.10 Å². The minimum atomic E-state index is -0.438. The van der Waals surface area contributed by atoms with Gasteiger partial charge in [-0.1, -0.05) is 19.9 Å². The lowest BCUT2D eigenvalue weighted by atomic mass is 9.85. The van der Waals surface area contributed by atoms with Crippen molar-refractivity contribution in [3.63, 3.8) is 0 Å². The third-order valence-electron chi connectivity index (χ3n) is 5.71. The molecule has 2 aliphatic heterocycles. The molecule has 2 heterocycles. The van der Waals surface area contributed by atoms with Crippen molar-refractivity contribution in [3.05, 3.63) is 29.8 Å². The number of benzene rings is 2. The number of carbonyl (C=O) groups excluding carboxylic acids is 1. The van der Waals surface area contributed by atoms with E-state index in [1.54, 1.807) is 21.3 Å². The Morgan fingerprint density at radius 1 is 0.931 bits per heavy atom. The van der Waals surface area contributed by atoms with Crippen molar-refractivity contribution in [2.75, 3.05) is 28.1 Å². The largest absolute Gasteiger partial charge is 0.493 e. The van der Waals surface area contributed by atoms with Crippen LogP contribution in [-0.4, -0.2) is 34.1 Å². The third-order valence-corrected chi connectivity index (χ3v) is 5.71. The van der Waals surface area contributed by atoms with Crippen molar-refractivity contribution < 1.29 is 33.2 Å². The van der Waals surface area contributed by atoms with Crippen LogP contribution in [0.1, 0.15) is 25.5 Å². The van der Waals surface area contributed by atoms with Gasteiger partial charge in [-0.2, -0.15) is 0 Å². The van der Waals surface area contributed by atoms with Gasteiger partial charge in [0.15, 0.2) is 23.0 Å². The Bertz CT molecular complexity index is 953. The Labute approximate surface area is 169 Å². The molecule has 0 aromatic heterocycles. The molecular weight excluding hydrogens is 376 g/mol. The molecule has 1 fully saturated rings. The van der Waals surface area contributed by atoms with Crippen LogP contribution in [-0.2, 0) is 9.53 Å². The summed E-state index contributed by atoms with van der Waals surface area (Å²) in [5.41, 5.74) is 2.40. The zero-order valence-electron chi connectivity index (χ0n) is 17.1. The lowest BCUT2D eigenvalue weighted by molar-refractivity contribution is -0.144. The number of methoxy groups -OCH3 is 3. The summed E-state index contributed by atoms with van der Waals surface area (Å²) < 4.78 is 33.6. The van der Waals surface area contributed by atoms with Gasteiger partial charge in [-0.3, -0.25) is 4.79 Å². The molecule has 0 saturated carbocycles. The van der Waals surface area contributed by atoms with Crippen molar-refractivity contribution in [1.29, 1.82) is 0 Å². The van der Waals surface area contributed by atoms with Gasteiger partial charge in [-0.25, -0.2) is 0 Å². The highest BCUT2D eigenvalue weighted by Crippen LogP contribution is 2.53. The first kappa shape index (κ1) is 19.2. The molecule has 7 heteroatoms. The first-order valence-corrected chi connectivity index (χ1v) is 9.43. The highest BCUT2D eigenvalue weighted by molar-refractivity contribution is 5.83. The Balaban J connectivity index is 1.97. The molecule has 0 aliphatic carbocycles. The first-order chi connectivity index (χ1) is 14.0. The molecule has 0 unspecified atom stereocenters. The van der Waals surface area contributed by atoms with Crippen LogP contribution in [0.4, 0.5) is 0 Å². The monoisotopic (exact) mass is 400 g/mol. The van der Waals surface area contributed by atoms with E-state index < -0.39 is 6.10 Å². The summed E-state index contributed by atoms with van der Waals surface area (Å²) in [5.74, 6) is 2.38. The molecule has 2 aliphatic rings. The van der Waals surface area contributed by atoms with Crippen LogP contribution in [0.2, 0.25) is 0 Å². The van der Waals surface area contributed by atoms with Gasteiger partial charge in [0.25, 0.3) is 0 Å². The van der Waals surface area contributed by atoms with Crippen LogP contribution in [0.3, 0.4) is 0 Å². The van der Waals surface area contributed by atoms with E-state index in [1.807, 2.05) is 38.1 Å². The fourth-order valence-electron chi connectivity index (χ4n) is 3.91. The van der Waals surface area contributed by atoms with Crippen LogP contribution in [0.5, 0.6) is 28.7 Å². The average Bonchev–Trinajstić information content (AvgIpc) is 3.31. The Hall–Kier alpha value is -3.09. The van der Waals surface area contributed by atoms with E-state index in [1.165, 1.54) is 0 Å². The Kier molecular flexibility index (Phi) is 4.90. The van der Waals surface area contributed by atoms with Gasteiger partial charge in [0, 0.05) is 17.0 Å². The van der Waals surface area contributed by atoms with E-state index >= 15 is 0 Å².